The predicted octanol–water partition coefficient (Wildman–Crippen LogP) is 4.31. The fourth-order valence-corrected chi connectivity index (χ4v) is 1.96. The SMILES string of the molecule is CCc1ccc(OC(C)C(=O)Nc2ccc(Cl)cc2)cc1. The summed E-state index contributed by atoms with van der Waals surface area (Å²) in [7, 11) is 0. The number of ether oxygens (including phenoxy) is 1. The molecule has 0 spiro atoms. The van der Waals surface area contributed by atoms with E-state index in [4.69, 9.17) is 16.3 Å². The summed E-state index contributed by atoms with van der Waals surface area (Å²) in [6.45, 7) is 3.82. The zero-order valence-corrected chi connectivity index (χ0v) is 12.9. The van der Waals surface area contributed by atoms with Crippen LogP contribution in [0.5, 0.6) is 5.75 Å². The second-order valence-electron chi connectivity index (χ2n) is 4.75. The number of hydrogen-bond donors (Lipinski definition) is 1. The summed E-state index contributed by atoms with van der Waals surface area (Å²) in [6.07, 6.45) is 0.403. The van der Waals surface area contributed by atoms with E-state index in [1.165, 1.54) is 5.56 Å². The molecule has 0 heterocycles. The molecule has 0 radical (unpaired) electrons. The van der Waals surface area contributed by atoms with Gasteiger partial charge in [0, 0.05) is 10.7 Å². The molecule has 1 atom stereocenters. The fraction of sp³-hybridized carbons (Fsp3) is 0.235. The van der Waals surface area contributed by atoms with Crippen molar-refractivity contribution in [1.82, 2.24) is 0 Å². The minimum absolute atomic E-state index is 0.197. The lowest BCUT2D eigenvalue weighted by Crippen LogP contribution is -2.30. The quantitative estimate of drug-likeness (QED) is 0.894. The highest BCUT2D eigenvalue weighted by molar-refractivity contribution is 6.30. The Balaban J connectivity index is 1.93. The second-order valence-corrected chi connectivity index (χ2v) is 5.19. The van der Waals surface area contributed by atoms with Gasteiger partial charge in [-0.2, -0.15) is 0 Å². The van der Waals surface area contributed by atoms with Crippen LogP contribution in [0.4, 0.5) is 5.69 Å². The average Bonchev–Trinajstić information content (AvgIpc) is 2.50. The van der Waals surface area contributed by atoms with Gasteiger partial charge < -0.3 is 10.1 Å². The van der Waals surface area contributed by atoms with Crippen molar-refractivity contribution in [3.05, 3.63) is 59.1 Å². The molecule has 0 aliphatic heterocycles. The van der Waals surface area contributed by atoms with E-state index < -0.39 is 6.10 Å². The highest BCUT2D eigenvalue weighted by Crippen LogP contribution is 2.16. The van der Waals surface area contributed by atoms with Crippen LogP contribution in [-0.2, 0) is 11.2 Å². The molecular formula is C17H18ClNO2. The molecule has 0 saturated heterocycles. The van der Waals surface area contributed by atoms with Crippen LogP contribution in [0.1, 0.15) is 19.4 Å². The number of amides is 1. The zero-order valence-electron chi connectivity index (χ0n) is 12.1. The first-order valence-electron chi connectivity index (χ1n) is 6.90. The number of anilines is 1. The van der Waals surface area contributed by atoms with Crippen molar-refractivity contribution >= 4 is 23.2 Å². The maximum Gasteiger partial charge on any atom is 0.265 e. The number of benzene rings is 2. The zero-order chi connectivity index (χ0) is 15.2. The standard InChI is InChI=1S/C17H18ClNO2/c1-3-13-4-10-16(11-5-13)21-12(2)17(20)19-15-8-6-14(18)7-9-15/h4-12H,3H2,1-2H3,(H,19,20). The average molecular weight is 304 g/mol. The first kappa shape index (κ1) is 15.4. The van der Waals surface area contributed by atoms with Gasteiger partial charge >= 0.3 is 0 Å². The largest absolute Gasteiger partial charge is 0.481 e. The molecule has 0 aliphatic carbocycles. The van der Waals surface area contributed by atoms with Crippen LogP contribution in [0.3, 0.4) is 0 Å². The van der Waals surface area contributed by atoms with E-state index in [0.29, 0.717) is 16.5 Å². The Kier molecular flexibility index (Phi) is 5.23. The molecule has 4 heteroatoms. The summed E-state index contributed by atoms with van der Waals surface area (Å²) in [4.78, 5) is 12.1. The summed E-state index contributed by atoms with van der Waals surface area (Å²) < 4.78 is 5.63. The van der Waals surface area contributed by atoms with Crippen molar-refractivity contribution in [2.45, 2.75) is 26.4 Å². The second kappa shape index (κ2) is 7.14. The number of rotatable bonds is 5. The number of nitrogens with one attached hydrogen (secondary N) is 1. The van der Waals surface area contributed by atoms with Crippen LogP contribution in [0.25, 0.3) is 0 Å². The Bertz CT molecular complexity index is 593. The molecular weight excluding hydrogens is 286 g/mol. The Morgan fingerprint density at radius 3 is 2.33 bits per heavy atom. The smallest absolute Gasteiger partial charge is 0.265 e. The number of carbonyl (C=O) groups is 1. The molecule has 1 unspecified atom stereocenters. The number of hydrogen-bond acceptors (Lipinski definition) is 2. The molecule has 2 aromatic rings. The number of carbonyl (C=O) groups excluding carboxylic acids is 1. The van der Waals surface area contributed by atoms with Crippen molar-refractivity contribution in [2.75, 3.05) is 5.32 Å². The van der Waals surface area contributed by atoms with Gasteiger partial charge in [0.1, 0.15) is 5.75 Å². The summed E-state index contributed by atoms with van der Waals surface area (Å²) in [5.74, 6) is 0.489. The van der Waals surface area contributed by atoms with Crippen LogP contribution >= 0.6 is 11.6 Å². The van der Waals surface area contributed by atoms with E-state index in [-0.39, 0.29) is 5.91 Å². The molecule has 1 amide bonds. The number of aryl methyl sites for hydroxylation is 1. The fourth-order valence-electron chi connectivity index (χ4n) is 1.84. The van der Waals surface area contributed by atoms with E-state index >= 15 is 0 Å². The lowest BCUT2D eigenvalue weighted by molar-refractivity contribution is -0.122. The van der Waals surface area contributed by atoms with E-state index in [2.05, 4.69) is 12.2 Å². The van der Waals surface area contributed by atoms with Crippen LogP contribution in [-0.4, -0.2) is 12.0 Å². The third-order valence-corrected chi connectivity index (χ3v) is 3.38. The van der Waals surface area contributed by atoms with E-state index in [1.807, 2.05) is 24.3 Å². The summed E-state index contributed by atoms with van der Waals surface area (Å²) in [6, 6.07) is 14.7. The molecule has 21 heavy (non-hydrogen) atoms. The van der Waals surface area contributed by atoms with Crippen molar-refractivity contribution in [3.8, 4) is 5.75 Å². The molecule has 0 fully saturated rings. The molecule has 1 N–H and O–H groups in total. The lowest BCUT2D eigenvalue weighted by Gasteiger charge is -2.15. The van der Waals surface area contributed by atoms with E-state index in [9.17, 15) is 4.79 Å². The molecule has 0 saturated carbocycles. The number of halogens is 1. The predicted molar refractivity (Wildman–Crippen MR) is 86.0 cm³/mol. The van der Waals surface area contributed by atoms with Gasteiger partial charge in [-0.1, -0.05) is 30.7 Å². The van der Waals surface area contributed by atoms with Crippen molar-refractivity contribution < 1.29 is 9.53 Å². The molecule has 2 rings (SSSR count). The Morgan fingerprint density at radius 1 is 1.14 bits per heavy atom. The van der Waals surface area contributed by atoms with Crippen LogP contribution < -0.4 is 10.1 Å². The molecule has 2 aromatic carbocycles. The summed E-state index contributed by atoms with van der Waals surface area (Å²) >= 11 is 5.81. The van der Waals surface area contributed by atoms with Gasteiger partial charge in [-0.15, -0.1) is 0 Å². The Morgan fingerprint density at radius 2 is 1.76 bits per heavy atom. The minimum atomic E-state index is -0.576. The van der Waals surface area contributed by atoms with E-state index in [0.717, 1.165) is 6.42 Å². The van der Waals surface area contributed by atoms with Gasteiger partial charge in [0.2, 0.25) is 0 Å². The van der Waals surface area contributed by atoms with Crippen molar-refractivity contribution in [3.63, 3.8) is 0 Å². The van der Waals surface area contributed by atoms with Crippen molar-refractivity contribution in [1.29, 1.82) is 0 Å². The monoisotopic (exact) mass is 303 g/mol. The molecule has 0 bridgehead atoms. The third-order valence-electron chi connectivity index (χ3n) is 3.13. The summed E-state index contributed by atoms with van der Waals surface area (Å²) in [5, 5.41) is 3.42. The third kappa shape index (κ3) is 4.50. The van der Waals surface area contributed by atoms with Crippen LogP contribution in [0.15, 0.2) is 48.5 Å². The highest BCUT2D eigenvalue weighted by atomic mass is 35.5. The Hall–Kier alpha value is -2.00. The molecule has 0 aliphatic rings. The van der Waals surface area contributed by atoms with Gasteiger partial charge in [-0.05, 0) is 55.3 Å². The van der Waals surface area contributed by atoms with Gasteiger partial charge in [-0.25, -0.2) is 0 Å². The highest BCUT2D eigenvalue weighted by Gasteiger charge is 2.14. The normalized spacial score (nSPS) is 11.8. The first-order valence-corrected chi connectivity index (χ1v) is 7.28. The maximum absolute atomic E-state index is 12.1. The van der Waals surface area contributed by atoms with Gasteiger partial charge in [-0.3, -0.25) is 4.79 Å². The first-order chi connectivity index (χ1) is 10.1. The molecule has 0 aromatic heterocycles. The molecule has 110 valence electrons. The topological polar surface area (TPSA) is 38.3 Å². The lowest BCUT2D eigenvalue weighted by atomic mass is 10.2. The minimum Gasteiger partial charge on any atom is -0.481 e. The maximum atomic E-state index is 12.1. The van der Waals surface area contributed by atoms with Gasteiger partial charge in [0.05, 0.1) is 0 Å². The van der Waals surface area contributed by atoms with Crippen LogP contribution in [0.2, 0.25) is 5.02 Å². The Labute approximate surface area is 129 Å². The summed E-state index contributed by atoms with van der Waals surface area (Å²) in [5.41, 5.74) is 1.93. The van der Waals surface area contributed by atoms with Crippen LogP contribution in [0, 0.1) is 0 Å². The van der Waals surface area contributed by atoms with Gasteiger partial charge in [0.25, 0.3) is 5.91 Å². The van der Waals surface area contributed by atoms with Crippen molar-refractivity contribution in [2.24, 2.45) is 0 Å². The van der Waals surface area contributed by atoms with Gasteiger partial charge in [0.15, 0.2) is 6.10 Å². The van der Waals surface area contributed by atoms with E-state index in [1.54, 1.807) is 31.2 Å². The molecule has 3 nitrogen and oxygen atoms in total.